The first-order valence-corrected chi connectivity index (χ1v) is 6.62. The number of methoxy groups -OCH3 is 1. The van der Waals surface area contributed by atoms with Gasteiger partial charge >= 0.3 is 0 Å². The van der Waals surface area contributed by atoms with Crippen molar-refractivity contribution in [3.05, 3.63) is 16.3 Å². The molecule has 1 heterocycles. The normalized spacial score (nSPS) is 15.1. The van der Waals surface area contributed by atoms with Crippen LogP contribution >= 0.6 is 24.0 Å². The first kappa shape index (κ1) is 12.0. The molecule has 0 bridgehead atoms. The molecule has 1 aromatic rings. The Kier molecular flexibility index (Phi) is 3.89. The Morgan fingerprint density at radius 3 is 2.94 bits per heavy atom. The fourth-order valence-corrected chi connectivity index (χ4v) is 2.71. The zero-order valence-corrected chi connectivity index (χ0v) is 10.9. The van der Waals surface area contributed by atoms with Crippen molar-refractivity contribution in [3.8, 4) is 0 Å². The molecule has 0 atom stereocenters. The maximum absolute atomic E-state index is 12.2. The van der Waals surface area contributed by atoms with Crippen LogP contribution in [0.5, 0.6) is 0 Å². The molecular formula is C11H15NO2S2. The first-order chi connectivity index (χ1) is 7.72. The fourth-order valence-electron chi connectivity index (χ4n) is 1.61. The molecule has 0 aromatic carbocycles. The fraction of sp³-hybridized carbons (Fsp3) is 0.545. The molecule has 1 aliphatic rings. The number of carbonyl (C=O) groups is 1. The molecule has 0 aliphatic heterocycles. The maximum atomic E-state index is 12.2. The Morgan fingerprint density at radius 2 is 2.44 bits per heavy atom. The number of hydrogen-bond donors (Lipinski definition) is 1. The monoisotopic (exact) mass is 257 g/mol. The Labute approximate surface area is 105 Å². The van der Waals surface area contributed by atoms with Gasteiger partial charge in [0, 0.05) is 30.0 Å². The number of ether oxygens (including phenoxy) is 1. The Hall–Kier alpha value is -0.520. The van der Waals surface area contributed by atoms with Gasteiger partial charge < -0.3 is 9.64 Å². The van der Waals surface area contributed by atoms with Gasteiger partial charge in [-0.15, -0.1) is 24.0 Å². The molecular weight excluding hydrogens is 242 g/mol. The number of thiophene rings is 1. The Balaban J connectivity index is 2.04. The van der Waals surface area contributed by atoms with Gasteiger partial charge in [-0.3, -0.25) is 4.79 Å². The molecule has 0 N–H and O–H groups in total. The number of nitrogens with zero attached hydrogens (tertiary/aromatic N) is 1. The predicted molar refractivity (Wildman–Crippen MR) is 67.5 cm³/mol. The average molecular weight is 257 g/mol. The third kappa shape index (κ3) is 2.78. The van der Waals surface area contributed by atoms with Gasteiger partial charge in [-0.2, -0.15) is 0 Å². The molecule has 0 saturated heterocycles. The molecule has 1 aromatic heterocycles. The lowest BCUT2D eigenvalue weighted by Crippen LogP contribution is -2.35. The van der Waals surface area contributed by atoms with Crippen molar-refractivity contribution in [3.63, 3.8) is 0 Å². The highest BCUT2D eigenvalue weighted by Crippen LogP contribution is 2.29. The van der Waals surface area contributed by atoms with Gasteiger partial charge in [-0.05, 0) is 18.9 Å². The van der Waals surface area contributed by atoms with Crippen LogP contribution in [0.15, 0.2) is 16.3 Å². The van der Waals surface area contributed by atoms with Crippen molar-refractivity contribution >= 4 is 29.9 Å². The van der Waals surface area contributed by atoms with Crippen LogP contribution < -0.4 is 0 Å². The number of rotatable bonds is 5. The van der Waals surface area contributed by atoms with Crippen LogP contribution in [-0.4, -0.2) is 37.1 Å². The van der Waals surface area contributed by atoms with Crippen molar-refractivity contribution in [1.82, 2.24) is 4.90 Å². The topological polar surface area (TPSA) is 29.5 Å². The molecule has 0 radical (unpaired) electrons. The van der Waals surface area contributed by atoms with Gasteiger partial charge in [-0.1, -0.05) is 0 Å². The number of amides is 1. The van der Waals surface area contributed by atoms with E-state index < -0.39 is 0 Å². The minimum Gasteiger partial charge on any atom is -0.383 e. The lowest BCUT2D eigenvalue weighted by molar-refractivity contribution is 0.0685. The van der Waals surface area contributed by atoms with E-state index in [9.17, 15) is 4.79 Å². The molecule has 2 rings (SSSR count). The molecule has 5 heteroatoms. The number of hydrogen-bond acceptors (Lipinski definition) is 4. The van der Waals surface area contributed by atoms with Crippen molar-refractivity contribution in [2.24, 2.45) is 0 Å². The minimum atomic E-state index is 0.116. The Bertz CT molecular complexity index is 374. The smallest absolute Gasteiger partial charge is 0.264 e. The summed E-state index contributed by atoms with van der Waals surface area (Å²) in [5, 5.41) is 1.89. The molecule has 0 spiro atoms. The molecule has 16 heavy (non-hydrogen) atoms. The van der Waals surface area contributed by atoms with Crippen LogP contribution in [0.2, 0.25) is 0 Å². The Morgan fingerprint density at radius 1 is 1.69 bits per heavy atom. The molecule has 1 fully saturated rings. The summed E-state index contributed by atoms with van der Waals surface area (Å²) < 4.78 is 5.04. The van der Waals surface area contributed by atoms with Gasteiger partial charge in [0.25, 0.3) is 5.91 Å². The van der Waals surface area contributed by atoms with E-state index in [2.05, 4.69) is 12.6 Å². The van der Waals surface area contributed by atoms with Gasteiger partial charge in [0.15, 0.2) is 0 Å². The highest BCUT2D eigenvalue weighted by Gasteiger charge is 2.33. The van der Waals surface area contributed by atoms with Crippen molar-refractivity contribution in [2.75, 3.05) is 20.3 Å². The van der Waals surface area contributed by atoms with Crippen LogP contribution in [-0.2, 0) is 4.74 Å². The molecule has 0 unspecified atom stereocenters. The summed E-state index contributed by atoms with van der Waals surface area (Å²) in [4.78, 5) is 15.7. The van der Waals surface area contributed by atoms with E-state index in [4.69, 9.17) is 4.74 Å². The summed E-state index contributed by atoms with van der Waals surface area (Å²) in [6.07, 6.45) is 2.24. The van der Waals surface area contributed by atoms with Crippen LogP contribution in [0, 0.1) is 0 Å². The summed E-state index contributed by atoms with van der Waals surface area (Å²) in [5.74, 6) is 0.116. The molecule has 1 saturated carbocycles. The molecule has 88 valence electrons. The van der Waals surface area contributed by atoms with E-state index in [1.807, 2.05) is 16.3 Å². The number of carbonyl (C=O) groups excluding carboxylic acids is 1. The third-order valence-electron chi connectivity index (χ3n) is 2.58. The standard InChI is InChI=1S/C11H15NO2S2/c1-14-5-4-12(8-2-3-8)11(13)10-6-9(15)7-16-10/h6-8,15H,2-5H2,1H3. The predicted octanol–water partition coefficient (Wildman–Crippen LogP) is 2.29. The third-order valence-corrected chi connectivity index (χ3v) is 3.93. The quantitative estimate of drug-likeness (QED) is 0.820. The van der Waals surface area contributed by atoms with E-state index in [-0.39, 0.29) is 5.91 Å². The van der Waals surface area contributed by atoms with E-state index >= 15 is 0 Å². The zero-order chi connectivity index (χ0) is 11.5. The molecule has 3 nitrogen and oxygen atoms in total. The van der Waals surface area contributed by atoms with Crippen molar-refractivity contribution in [1.29, 1.82) is 0 Å². The van der Waals surface area contributed by atoms with E-state index in [1.165, 1.54) is 11.3 Å². The summed E-state index contributed by atoms with van der Waals surface area (Å²) in [6.45, 7) is 1.28. The lowest BCUT2D eigenvalue weighted by atomic mass is 10.3. The molecule has 1 amide bonds. The minimum absolute atomic E-state index is 0.116. The summed E-state index contributed by atoms with van der Waals surface area (Å²) in [6, 6.07) is 2.26. The SMILES string of the molecule is COCCN(C(=O)c1cc(S)cs1)C1CC1. The summed E-state index contributed by atoms with van der Waals surface area (Å²) in [5.41, 5.74) is 0. The van der Waals surface area contributed by atoms with Crippen LogP contribution in [0.3, 0.4) is 0 Å². The second-order valence-electron chi connectivity index (χ2n) is 3.89. The van der Waals surface area contributed by atoms with Crippen LogP contribution in [0.1, 0.15) is 22.5 Å². The maximum Gasteiger partial charge on any atom is 0.264 e. The van der Waals surface area contributed by atoms with Crippen LogP contribution in [0.25, 0.3) is 0 Å². The van der Waals surface area contributed by atoms with E-state index in [0.29, 0.717) is 19.2 Å². The van der Waals surface area contributed by atoms with Crippen LogP contribution in [0.4, 0.5) is 0 Å². The van der Waals surface area contributed by atoms with Crippen molar-refractivity contribution in [2.45, 2.75) is 23.8 Å². The first-order valence-electron chi connectivity index (χ1n) is 5.30. The highest BCUT2D eigenvalue weighted by atomic mass is 32.1. The van der Waals surface area contributed by atoms with Gasteiger partial charge in [0.1, 0.15) is 0 Å². The van der Waals surface area contributed by atoms with Gasteiger partial charge in [0.2, 0.25) is 0 Å². The van der Waals surface area contributed by atoms with Gasteiger partial charge in [-0.25, -0.2) is 0 Å². The van der Waals surface area contributed by atoms with Gasteiger partial charge in [0.05, 0.1) is 11.5 Å². The lowest BCUT2D eigenvalue weighted by Gasteiger charge is -2.21. The average Bonchev–Trinajstić information content (AvgIpc) is 3.01. The molecule has 1 aliphatic carbocycles. The largest absolute Gasteiger partial charge is 0.383 e. The van der Waals surface area contributed by atoms with Crippen molar-refractivity contribution < 1.29 is 9.53 Å². The summed E-state index contributed by atoms with van der Waals surface area (Å²) >= 11 is 5.68. The zero-order valence-electron chi connectivity index (χ0n) is 9.18. The summed E-state index contributed by atoms with van der Waals surface area (Å²) in [7, 11) is 1.66. The second-order valence-corrected chi connectivity index (χ2v) is 5.32. The van der Waals surface area contributed by atoms with E-state index in [1.54, 1.807) is 7.11 Å². The second kappa shape index (κ2) is 5.21. The highest BCUT2D eigenvalue weighted by molar-refractivity contribution is 7.80. The van der Waals surface area contributed by atoms with E-state index in [0.717, 1.165) is 22.6 Å². The number of thiol groups is 1.